The molecule has 0 spiro atoms. The number of nitrogens with one attached hydrogen (secondary N) is 1. The van der Waals surface area contributed by atoms with Crippen LogP contribution in [0.4, 0.5) is 26.2 Å². The van der Waals surface area contributed by atoms with Crippen LogP contribution in [0.25, 0.3) is 33.2 Å². The zero-order valence-corrected chi connectivity index (χ0v) is 23.9. The normalized spacial score (nSPS) is 20.5. The Balaban J connectivity index is 1.14. The Morgan fingerprint density at radius 2 is 1.55 bits per heavy atom. The van der Waals surface area contributed by atoms with Gasteiger partial charge in [0.25, 0.3) is 0 Å². The van der Waals surface area contributed by atoms with Crippen molar-refractivity contribution in [1.29, 1.82) is 0 Å². The van der Waals surface area contributed by atoms with Crippen molar-refractivity contribution < 1.29 is 8.78 Å². The molecule has 0 radical (unpaired) electrons. The Hall–Kier alpha value is -4.09. The minimum absolute atomic E-state index is 0.00234. The number of nitrogens with zero attached hydrogens (tertiary/aromatic N) is 7. The maximum atomic E-state index is 14.4. The third-order valence-corrected chi connectivity index (χ3v) is 9.13. The minimum Gasteiger partial charge on any atom is -0.383 e. The molecule has 3 N–H and O–H groups in total. The summed E-state index contributed by atoms with van der Waals surface area (Å²) >= 11 is 0. The molecule has 0 unspecified atom stereocenters. The summed E-state index contributed by atoms with van der Waals surface area (Å²) in [6.45, 7) is 4.60. The van der Waals surface area contributed by atoms with E-state index in [9.17, 15) is 8.78 Å². The average Bonchev–Trinajstić information content (AvgIpc) is 3.56. The second-order valence-electron chi connectivity index (χ2n) is 11.6. The summed E-state index contributed by atoms with van der Waals surface area (Å²) in [5, 5.41) is 4.05. The monoisotopic (exact) mass is 571 g/mol. The maximum Gasteiger partial charge on any atom is 0.208 e. The van der Waals surface area contributed by atoms with Gasteiger partial charge in [0.05, 0.1) is 5.39 Å². The van der Waals surface area contributed by atoms with Gasteiger partial charge in [-0.25, -0.2) is 23.7 Å². The predicted molar refractivity (Wildman–Crippen MR) is 162 cm³/mol. The van der Waals surface area contributed by atoms with Gasteiger partial charge in [-0.3, -0.25) is 4.90 Å². The zero-order valence-electron chi connectivity index (χ0n) is 23.9. The molecule has 9 nitrogen and oxygen atoms in total. The third-order valence-electron chi connectivity index (χ3n) is 9.13. The number of likely N-dealkylation sites (N-methyl/N-ethyl adjacent to an activating group) is 1. The fourth-order valence-corrected chi connectivity index (χ4v) is 6.71. The number of anilines is 3. The Labute approximate surface area is 243 Å². The molecule has 11 heteroatoms. The second-order valence-corrected chi connectivity index (χ2v) is 11.6. The van der Waals surface area contributed by atoms with Crippen molar-refractivity contribution in [1.82, 2.24) is 33.9 Å². The SMILES string of the molecule is CN1CCN(C2CCC(n3cc(-c4ccc(Nc5nc6c(F)ccc(F)c6n5C)cc4)c4c(N)ncnc43)CC2)CC1. The summed E-state index contributed by atoms with van der Waals surface area (Å²) in [7, 11) is 3.86. The number of nitrogens with two attached hydrogens (primary N) is 1. The summed E-state index contributed by atoms with van der Waals surface area (Å²) in [6, 6.07) is 11.1. The summed E-state index contributed by atoms with van der Waals surface area (Å²) in [4.78, 5) is 18.3. The summed E-state index contributed by atoms with van der Waals surface area (Å²) in [6.07, 6.45) is 8.29. The molecule has 42 heavy (non-hydrogen) atoms. The number of hydrogen-bond donors (Lipinski definition) is 2. The van der Waals surface area contributed by atoms with Crippen LogP contribution in [-0.2, 0) is 7.05 Å². The third kappa shape index (κ3) is 4.66. The van der Waals surface area contributed by atoms with Crippen LogP contribution < -0.4 is 11.1 Å². The predicted octanol–water partition coefficient (Wildman–Crippen LogP) is 5.32. The minimum atomic E-state index is -0.561. The standard InChI is InChI=1S/C31H35F2N9/c1-39-13-15-41(16-14-39)21-7-9-22(10-8-21)42-17-23(26-29(34)35-18-36-30(26)42)19-3-5-20(6-4-19)37-31-38-27-24(32)11-12-25(33)28(27)40(31)2/h3-6,11-12,17-18,21-22H,7-10,13-16H2,1-2H3,(H,37,38)(H2,34,35,36). The fraction of sp³-hybridized carbons (Fsp3) is 0.387. The van der Waals surface area contributed by atoms with Crippen molar-refractivity contribution >= 4 is 39.5 Å². The number of aryl methyl sites for hydroxylation is 1. The number of hydrogen-bond acceptors (Lipinski definition) is 7. The van der Waals surface area contributed by atoms with Gasteiger partial charge in [-0.15, -0.1) is 0 Å². The lowest BCUT2D eigenvalue weighted by Crippen LogP contribution is -2.49. The lowest BCUT2D eigenvalue weighted by atomic mass is 9.89. The Bertz CT molecular complexity index is 1740. The quantitative estimate of drug-likeness (QED) is 0.295. The fourth-order valence-electron chi connectivity index (χ4n) is 6.71. The molecular formula is C31H35F2N9. The molecule has 2 fully saturated rings. The van der Waals surface area contributed by atoms with Gasteiger partial charge in [0.2, 0.25) is 5.95 Å². The Morgan fingerprint density at radius 1 is 0.857 bits per heavy atom. The van der Waals surface area contributed by atoms with Crippen molar-refractivity contribution in [2.24, 2.45) is 7.05 Å². The zero-order chi connectivity index (χ0) is 29.0. The van der Waals surface area contributed by atoms with E-state index >= 15 is 0 Å². The first-order valence-electron chi connectivity index (χ1n) is 14.6. The smallest absolute Gasteiger partial charge is 0.208 e. The second kappa shape index (κ2) is 10.6. The van der Waals surface area contributed by atoms with Crippen LogP contribution in [-0.4, -0.2) is 73.2 Å². The van der Waals surface area contributed by atoms with E-state index in [4.69, 9.17) is 5.73 Å². The van der Waals surface area contributed by atoms with Gasteiger partial charge in [0.1, 0.15) is 34.6 Å². The average molecular weight is 572 g/mol. The van der Waals surface area contributed by atoms with Crippen molar-refractivity contribution in [3.8, 4) is 11.1 Å². The maximum absolute atomic E-state index is 14.4. The lowest BCUT2D eigenvalue weighted by Gasteiger charge is -2.41. The van der Waals surface area contributed by atoms with Crippen LogP contribution in [0.2, 0.25) is 0 Å². The first-order valence-corrected chi connectivity index (χ1v) is 14.6. The van der Waals surface area contributed by atoms with Crippen molar-refractivity contribution in [3.63, 3.8) is 0 Å². The number of halogens is 2. The molecule has 3 aromatic heterocycles. The van der Waals surface area contributed by atoms with E-state index in [1.54, 1.807) is 13.4 Å². The van der Waals surface area contributed by atoms with Gasteiger partial charge in [-0.2, -0.15) is 0 Å². The first kappa shape index (κ1) is 26.8. The largest absolute Gasteiger partial charge is 0.383 e. The molecule has 2 aliphatic rings. The summed E-state index contributed by atoms with van der Waals surface area (Å²) < 4.78 is 32.4. The van der Waals surface area contributed by atoms with Crippen molar-refractivity contribution in [2.45, 2.75) is 37.8 Å². The molecule has 0 atom stereocenters. The molecule has 4 heterocycles. The highest BCUT2D eigenvalue weighted by Gasteiger charge is 2.30. The molecule has 0 amide bonds. The van der Waals surface area contributed by atoms with Gasteiger partial charge in [-0.05, 0) is 62.6 Å². The highest BCUT2D eigenvalue weighted by atomic mass is 19.1. The van der Waals surface area contributed by atoms with Crippen LogP contribution in [0, 0.1) is 11.6 Å². The molecule has 1 aliphatic carbocycles. The summed E-state index contributed by atoms with van der Waals surface area (Å²) in [5.74, 6) is -0.266. The Morgan fingerprint density at radius 3 is 2.26 bits per heavy atom. The van der Waals surface area contributed by atoms with Crippen LogP contribution in [0.5, 0.6) is 0 Å². The molecule has 218 valence electrons. The number of fused-ring (bicyclic) bond motifs is 2. The van der Waals surface area contributed by atoms with Crippen LogP contribution in [0.1, 0.15) is 31.7 Å². The van der Waals surface area contributed by atoms with E-state index in [0.29, 0.717) is 23.8 Å². The molecule has 7 rings (SSSR count). The topological polar surface area (TPSA) is 93.1 Å². The number of imidazole rings is 1. The highest BCUT2D eigenvalue weighted by Crippen LogP contribution is 2.39. The van der Waals surface area contributed by atoms with Gasteiger partial charge in [0, 0.05) is 62.8 Å². The van der Waals surface area contributed by atoms with E-state index in [1.165, 1.54) is 17.4 Å². The van der Waals surface area contributed by atoms with Crippen molar-refractivity contribution in [3.05, 3.63) is 60.6 Å². The Kier molecular flexibility index (Phi) is 6.78. The van der Waals surface area contributed by atoms with E-state index in [-0.39, 0.29) is 11.0 Å². The lowest BCUT2D eigenvalue weighted by molar-refractivity contribution is 0.0828. The van der Waals surface area contributed by atoms with E-state index in [1.807, 2.05) is 24.3 Å². The van der Waals surface area contributed by atoms with E-state index in [2.05, 4.69) is 47.9 Å². The van der Waals surface area contributed by atoms with Gasteiger partial charge >= 0.3 is 0 Å². The number of benzene rings is 2. The van der Waals surface area contributed by atoms with Crippen LogP contribution in [0.3, 0.4) is 0 Å². The highest BCUT2D eigenvalue weighted by molar-refractivity contribution is 6.00. The van der Waals surface area contributed by atoms with Crippen LogP contribution >= 0.6 is 0 Å². The molecule has 1 saturated heterocycles. The molecular weight excluding hydrogens is 536 g/mol. The number of rotatable bonds is 5. The van der Waals surface area contributed by atoms with Gasteiger partial charge in [-0.1, -0.05) is 12.1 Å². The molecule has 0 bridgehead atoms. The molecule has 1 saturated carbocycles. The molecule has 2 aromatic carbocycles. The molecule has 1 aliphatic heterocycles. The van der Waals surface area contributed by atoms with E-state index in [0.717, 1.165) is 79.0 Å². The van der Waals surface area contributed by atoms with Crippen LogP contribution in [0.15, 0.2) is 48.9 Å². The van der Waals surface area contributed by atoms with E-state index < -0.39 is 11.6 Å². The number of aromatic nitrogens is 5. The first-order chi connectivity index (χ1) is 20.4. The van der Waals surface area contributed by atoms with Crippen molar-refractivity contribution in [2.75, 3.05) is 44.3 Å². The van der Waals surface area contributed by atoms with Gasteiger partial charge in [0.15, 0.2) is 5.82 Å². The number of piperazine rings is 1. The summed E-state index contributed by atoms with van der Waals surface area (Å²) in [5.41, 5.74) is 10.1. The number of nitrogen functional groups attached to an aromatic ring is 1. The molecule has 5 aromatic rings. The van der Waals surface area contributed by atoms with Gasteiger partial charge < -0.3 is 25.1 Å².